The molecule has 0 fully saturated rings. The van der Waals surface area contributed by atoms with Crippen molar-refractivity contribution in [2.75, 3.05) is 0 Å². The van der Waals surface area contributed by atoms with Crippen molar-refractivity contribution < 1.29 is 15.0 Å². The zero-order valence-electron chi connectivity index (χ0n) is 8.95. The molecular weight excluding hydrogens is 226 g/mol. The molecular formula is C9H11N5O3. The average Bonchev–Trinajstić information content (AvgIpc) is 2.26. The van der Waals surface area contributed by atoms with E-state index in [9.17, 15) is 15.0 Å². The molecule has 1 amide bonds. The lowest BCUT2D eigenvalue weighted by atomic mass is 10.1. The first kappa shape index (κ1) is 11.6. The second-order valence-electron chi connectivity index (χ2n) is 3.71. The first-order chi connectivity index (χ1) is 7.99. The van der Waals surface area contributed by atoms with Crippen molar-refractivity contribution in [3.63, 3.8) is 0 Å². The summed E-state index contributed by atoms with van der Waals surface area (Å²) in [6.07, 6.45) is -0.967. The Morgan fingerprint density at radius 2 is 2.18 bits per heavy atom. The Hall–Kier alpha value is -1.93. The van der Waals surface area contributed by atoms with E-state index in [4.69, 9.17) is 5.41 Å². The number of hydrogen-bond acceptors (Lipinski definition) is 6. The summed E-state index contributed by atoms with van der Waals surface area (Å²) in [5.74, 6) is -0.741. The lowest BCUT2D eigenvalue weighted by molar-refractivity contribution is -0.119. The molecule has 0 spiro atoms. The minimum Gasteiger partial charge on any atom is -0.390 e. The van der Waals surface area contributed by atoms with E-state index in [0.717, 1.165) is 0 Å². The lowest BCUT2D eigenvalue weighted by Crippen LogP contribution is -2.48. The topological polar surface area (TPSA) is 130 Å². The highest BCUT2D eigenvalue weighted by Gasteiger charge is 2.32. The van der Waals surface area contributed by atoms with Gasteiger partial charge in [0.1, 0.15) is 6.10 Å². The number of rotatable bonds is 2. The van der Waals surface area contributed by atoms with Crippen LogP contribution in [0.1, 0.15) is 6.92 Å². The van der Waals surface area contributed by atoms with Gasteiger partial charge in [0.15, 0.2) is 11.9 Å². The van der Waals surface area contributed by atoms with Gasteiger partial charge in [-0.1, -0.05) is 0 Å². The highest BCUT2D eigenvalue weighted by Crippen LogP contribution is 2.09. The minimum atomic E-state index is -1.19. The van der Waals surface area contributed by atoms with Crippen LogP contribution < -0.4 is 5.32 Å². The van der Waals surface area contributed by atoms with Crippen LogP contribution >= 0.6 is 0 Å². The fourth-order valence-corrected chi connectivity index (χ4v) is 1.43. The van der Waals surface area contributed by atoms with Crippen molar-refractivity contribution in [1.29, 1.82) is 5.41 Å². The number of carbonyl (C=O) groups excluding carboxylic acids is 1. The molecule has 4 N–H and O–H groups in total. The Kier molecular flexibility index (Phi) is 2.82. The van der Waals surface area contributed by atoms with E-state index in [1.165, 1.54) is 13.1 Å². The van der Waals surface area contributed by atoms with Gasteiger partial charge in [-0.05, 0) is 6.92 Å². The molecule has 0 aromatic heterocycles. The Morgan fingerprint density at radius 3 is 2.82 bits per heavy atom. The molecule has 1 unspecified atom stereocenters. The molecule has 0 bridgehead atoms. The molecule has 2 aliphatic rings. The quantitative estimate of drug-likeness (QED) is 0.446. The van der Waals surface area contributed by atoms with Crippen LogP contribution in [0.25, 0.3) is 0 Å². The van der Waals surface area contributed by atoms with Crippen LogP contribution in [0.15, 0.2) is 15.0 Å². The second-order valence-corrected chi connectivity index (χ2v) is 3.71. The molecule has 0 aliphatic carbocycles. The first-order valence-corrected chi connectivity index (χ1v) is 4.95. The van der Waals surface area contributed by atoms with Gasteiger partial charge >= 0.3 is 0 Å². The molecule has 0 saturated carbocycles. The van der Waals surface area contributed by atoms with Crippen LogP contribution in [0.3, 0.4) is 0 Å². The van der Waals surface area contributed by atoms with Crippen molar-refractivity contribution in [3.8, 4) is 0 Å². The third kappa shape index (κ3) is 2.12. The Balaban J connectivity index is 2.32. The predicted octanol–water partition coefficient (Wildman–Crippen LogP) is -1.91. The molecule has 2 aliphatic heterocycles. The zero-order chi connectivity index (χ0) is 12.6. The number of nitrogens with one attached hydrogen (secondary N) is 2. The summed E-state index contributed by atoms with van der Waals surface area (Å²) >= 11 is 0. The van der Waals surface area contributed by atoms with Crippen LogP contribution in [0, 0.1) is 5.41 Å². The predicted molar refractivity (Wildman–Crippen MR) is 60.7 cm³/mol. The van der Waals surface area contributed by atoms with Crippen molar-refractivity contribution in [2.24, 2.45) is 15.0 Å². The van der Waals surface area contributed by atoms with Gasteiger partial charge in [-0.15, -0.1) is 0 Å². The fraction of sp³-hybridized carbons (Fsp3) is 0.444. The number of aliphatic hydroxyl groups excluding tert-OH is 2. The van der Waals surface area contributed by atoms with Gasteiger partial charge in [0, 0.05) is 6.21 Å². The maximum absolute atomic E-state index is 11.4. The number of fused-ring (bicyclic) bond motifs is 1. The maximum atomic E-state index is 11.4. The number of guanidine groups is 1. The van der Waals surface area contributed by atoms with Crippen LogP contribution in [0.2, 0.25) is 0 Å². The van der Waals surface area contributed by atoms with Gasteiger partial charge in [0.05, 0.1) is 11.8 Å². The smallest absolute Gasteiger partial charge is 0.259 e. The van der Waals surface area contributed by atoms with Gasteiger partial charge < -0.3 is 10.2 Å². The molecule has 0 aromatic rings. The molecule has 90 valence electrons. The van der Waals surface area contributed by atoms with Crippen LogP contribution in [0.5, 0.6) is 0 Å². The number of amidine groups is 1. The van der Waals surface area contributed by atoms with E-state index < -0.39 is 24.2 Å². The normalized spacial score (nSPS) is 26.6. The Morgan fingerprint density at radius 1 is 1.47 bits per heavy atom. The minimum absolute atomic E-state index is 0.0518. The summed E-state index contributed by atoms with van der Waals surface area (Å²) in [4.78, 5) is 23.0. The SMILES string of the molecule is C[C@H](O)[C@H](O)C1=NC2=NC(=N)NC(=O)C2N=C1. The molecule has 3 atom stereocenters. The number of aliphatic hydroxyl groups is 2. The largest absolute Gasteiger partial charge is 0.390 e. The molecule has 8 nitrogen and oxygen atoms in total. The van der Waals surface area contributed by atoms with Gasteiger partial charge in [-0.25, -0.2) is 4.99 Å². The number of amides is 1. The van der Waals surface area contributed by atoms with E-state index in [1.807, 2.05) is 0 Å². The molecule has 0 saturated heterocycles. The van der Waals surface area contributed by atoms with Gasteiger partial charge in [-0.3, -0.25) is 20.5 Å². The van der Waals surface area contributed by atoms with Crippen LogP contribution in [0.4, 0.5) is 0 Å². The lowest BCUT2D eigenvalue weighted by Gasteiger charge is -2.22. The molecule has 0 radical (unpaired) electrons. The molecule has 0 aromatic carbocycles. The van der Waals surface area contributed by atoms with E-state index >= 15 is 0 Å². The summed E-state index contributed by atoms with van der Waals surface area (Å²) in [6.45, 7) is 1.41. The van der Waals surface area contributed by atoms with Gasteiger partial charge in [0.25, 0.3) is 5.91 Å². The summed E-state index contributed by atoms with van der Waals surface area (Å²) in [5.41, 5.74) is 0.123. The summed E-state index contributed by atoms with van der Waals surface area (Å²) in [7, 11) is 0. The number of nitrogens with zero attached hydrogens (tertiary/aromatic N) is 3. The van der Waals surface area contributed by atoms with Crippen LogP contribution in [-0.2, 0) is 4.79 Å². The highest BCUT2D eigenvalue weighted by atomic mass is 16.3. The van der Waals surface area contributed by atoms with E-state index in [1.54, 1.807) is 0 Å². The third-order valence-corrected chi connectivity index (χ3v) is 2.32. The van der Waals surface area contributed by atoms with E-state index in [-0.39, 0.29) is 17.5 Å². The van der Waals surface area contributed by atoms with Crippen molar-refractivity contribution in [3.05, 3.63) is 0 Å². The number of carbonyl (C=O) groups is 1. The Bertz CT molecular complexity index is 465. The molecule has 17 heavy (non-hydrogen) atoms. The monoisotopic (exact) mass is 237 g/mol. The second kappa shape index (κ2) is 4.15. The average molecular weight is 237 g/mol. The molecule has 2 heterocycles. The standard InChI is InChI=1S/C9H11N5O3/c1-3(15)6(16)4-2-11-5-7(12-4)13-9(10)14-8(5)17/h2-3,5-6,15-16H,1H3,(H2,10,14,17)/t3-,5?,6-/m0/s1. The van der Waals surface area contributed by atoms with E-state index in [0.29, 0.717) is 0 Å². The first-order valence-electron chi connectivity index (χ1n) is 4.95. The van der Waals surface area contributed by atoms with E-state index in [2.05, 4.69) is 20.3 Å². The fourth-order valence-electron chi connectivity index (χ4n) is 1.43. The molecule has 8 heteroatoms. The van der Waals surface area contributed by atoms with Crippen molar-refractivity contribution in [2.45, 2.75) is 25.2 Å². The van der Waals surface area contributed by atoms with Crippen molar-refractivity contribution >= 4 is 29.6 Å². The van der Waals surface area contributed by atoms with Crippen LogP contribution in [-0.4, -0.2) is 58.1 Å². The summed E-state index contributed by atoms with van der Waals surface area (Å²) in [5, 5.41) is 28.3. The van der Waals surface area contributed by atoms with Gasteiger partial charge in [-0.2, -0.15) is 4.99 Å². The highest BCUT2D eigenvalue weighted by molar-refractivity contribution is 6.39. The number of hydrogen-bond donors (Lipinski definition) is 4. The van der Waals surface area contributed by atoms with Gasteiger partial charge in [0.2, 0.25) is 5.96 Å². The zero-order valence-corrected chi connectivity index (χ0v) is 8.95. The Labute approximate surface area is 96.3 Å². The van der Waals surface area contributed by atoms with Crippen molar-refractivity contribution in [1.82, 2.24) is 5.32 Å². The summed E-state index contributed by atoms with van der Waals surface area (Å²) in [6, 6.07) is -0.881. The number of aliphatic imine (C=N–C) groups is 3. The molecule has 2 rings (SSSR count). The summed E-state index contributed by atoms with van der Waals surface area (Å²) < 4.78 is 0. The third-order valence-electron chi connectivity index (χ3n) is 2.32. The maximum Gasteiger partial charge on any atom is 0.259 e.